The molecule has 2 aromatic rings. The van der Waals surface area contributed by atoms with Gasteiger partial charge in [-0.15, -0.1) is 11.3 Å². The first-order valence-electron chi connectivity index (χ1n) is 8.58. The van der Waals surface area contributed by atoms with Crippen LogP contribution in [-0.4, -0.2) is 33.7 Å². The third-order valence-electron chi connectivity index (χ3n) is 4.64. The number of rotatable bonds is 3. The number of hydrogen-bond donors (Lipinski definition) is 1. The molecule has 3 heterocycles. The summed E-state index contributed by atoms with van der Waals surface area (Å²) in [5.74, 6) is 0.856. The zero-order chi connectivity index (χ0) is 18.1. The molecule has 6 nitrogen and oxygen atoms in total. The summed E-state index contributed by atoms with van der Waals surface area (Å²) in [5, 5.41) is 6.35. The number of thiophene rings is 1. The Morgan fingerprint density at radius 3 is 2.64 bits per heavy atom. The minimum absolute atomic E-state index is 0.0734. The normalized spacial score (nSPS) is 22.0. The van der Waals surface area contributed by atoms with E-state index in [-0.39, 0.29) is 11.6 Å². The van der Waals surface area contributed by atoms with Crippen molar-refractivity contribution < 1.29 is 4.79 Å². The Balaban J connectivity index is 1.92. The molecule has 1 amide bonds. The van der Waals surface area contributed by atoms with Gasteiger partial charge in [-0.25, -0.2) is 4.68 Å². The molecule has 0 aromatic carbocycles. The van der Waals surface area contributed by atoms with Crippen LogP contribution < -0.4 is 11.3 Å². The molecule has 0 aliphatic carbocycles. The van der Waals surface area contributed by atoms with Crippen molar-refractivity contribution >= 4 is 22.9 Å². The Morgan fingerprint density at radius 1 is 1.36 bits per heavy atom. The summed E-state index contributed by atoms with van der Waals surface area (Å²) in [5.41, 5.74) is 6.20. The predicted octanol–water partition coefficient (Wildman–Crippen LogP) is 2.62. The van der Waals surface area contributed by atoms with Crippen LogP contribution in [-0.2, 0) is 4.79 Å². The minimum atomic E-state index is -0.674. The van der Waals surface area contributed by atoms with Crippen LogP contribution in [0.2, 0.25) is 0 Å². The van der Waals surface area contributed by atoms with Gasteiger partial charge in [0.1, 0.15) is 17.4 Å². The molecule has 1 aliphatic heterocycles. The van der Waals surface area contributed by atoms with E-state index in [0.29, 0.717) is 17.5 Å². The third kappa shape index (κ3) is 3.61. The smallest absolute Gasteiger partial charge is 0.290 e. The van der Waals surface area contributed by atoms with Crippen molar-refractivity contribution in [3.8, 4) is 10.6 Å². The Bertz CT molecular complexity index is 805. The third-order valence-corrected chi connectivity index (χ3v) is 5.53. The number of carbonyl (C=O) groups is 1. The van der Waals surface area contributed by atoms with Gasteiger partial charge in [-0.2, -0.15) is 5.10 Å². The lowest BCUT2D eigenvalue weighted by atomic mass is 9.91. The molecule has 0 saturated carbocycles. The molecule has 1 saturated heterocycles. The summed E-state index contributed by atoms with van der Waals surface area (Å²) >= 11 is 1.52. The summed E-state index contributed by atoms with van der Waals surface area (Å²) in [6.45, 7) is 7.48. The standard InChI is InChI=1S/C18H24N4O2S/c1-11-7-12(2)10-21(9-11)17(23)13(3)22-18(24)14(19)8-15(20-22)16-5-4-6-25-16/h4-6,8,11-13H,7,9-10,19H2,1-3H3. The lowest BCUT2D eigenvalue weighted by molar-refractivity contribution is -0.137. The van der Waals surface area contributed by atoms with Gasteiger partial charge in [0.05, 0.1) is 4.88 Å². The first-order chi connectivity index (χ1) is 11.9. The van der Waals surface area contributed by atoms with Crippen molar-refractivity contribution in [1.82, 2.24) is 14.7 Å². The van der Waals surface area contributed by atoms with Crippen LogP contribution in [0, 0.1) is 11.8 Å². The number of nitrogen functional groups attached to an aromatic ring is 1. The van der Waals surface area contributed by atoms with E-state index < -0.39 is 11.6 Å². The predicted molar refractivity (Wildman–Crippen MR) is 100 cm³/mol. The van der Waals surface area contributed by atoms with Gasteiger partial charge >= 0.3 is 0 Å². The first-order valence-corrected chi connectivity index (χ1v) is 9.46. The van der Waals surface area contributed by atoms with Crippen molar-refractivity contribution in [2.24, 2.45) is 11.8 Å². The topological polar surface area (TPSA) is 81.2 Å². The lowest BCUT2D eigenvalue weighted by Crippen LogP contribution is -2.47. The van der Waals surface area contributed by atoms with Crippen LogP contribution in [0.3, 0.4) is 0 Å². The van der Waals surface area contributed by atoms with E-state index >= 15 is 0 Å². The molecule has 1 aliphatic rings. The SMILES string of the molecule is CC1CC(C)CN(C(=O)C(C)n2nc(-c3cccs3)cc(N)c2=O)C1. The molecular weight excluding hydrogens is 336 g/mol. The second-order valence-electron chi connectivity index (χ2n) is 7.08. The zero-order valence-corrected chi connectivity index (χ0v) is 15.6. The van der Waals surface area contributed by atoms with Crippen LogP contribution in [0.5, 0.6) is 0 Å². The lowest BCUT2D eigenvalue weighted by Gasteiger charge is -2.36. The first kappa shape index (κ1) is 17.7. The summed E-state index contributed by atoms with van der Waals surface area (Å²) in [6.07, 6.45) is 1.12. The van der Waals surface area contributed by atoms with Gasteiger partial charge in [-0.1, -0.05) is 19.9 Å². The molecule has 3 atom stereocenters. The maximum absolute atomic E-state index is 12.9. The second-order valence-corrected chi connectivity index (χ2v) is 8.02. The van der Waals surface area contributed by atoms with Gasteiger partial charge in [0.2, 0.25) is 5.91 Å². The van der Waals surface area contributed by atoms with E-state index in [1.165, 1.54) is 16.0 Å². The van der Waals surface area contributed by atoms with Gasteiger partial charge in [0, 0.05) is 13.1 Å². The van der Waals surface area contributed by atoms with E-state index in [1.54, 1.807) is 13.0 Å². The van der Waals surface area contributed by atoms with Crippen molar-refractivity contribution in [3.05, 3.63) is 33.9 Å². The molecule has 3 unspecified atom stereocenters. The van der Waals surface area contributed by atoms with Crippen molar-refractivity contribution in [2.75, 3.05) is 18.8 Å². The summed E-state index contributed by atoms with van der Waals surface area (Å²) in [6, 6.07) is 4.74. The van der Waals surface area contributed by atoms with E-state index in [0.717, 1.165) is 24.4 Å². The monoisotopic (exact) mass is 360 g/mol. The zero-order valence-electron chi connectivity index (χ0n) is 14.8. The van der Waals surface area contributed by atoms with Crippen LogP contribution in [0.4, 0.5) is 5.69 Å². The van der Waals surface area contributed by atoms with E-state index in [1.807, 2.05) is 22.4 Å². The summed E-state index contributed by atoms with van der Waals surface area (Å²) < 4.78 is 1.23. The van der Waals surface area contributed by atoms with Gasteiger partial charge < -0.3 is 10.6 Å². The molecule has 0 radical (unpaired) electrons. The van der Waals surface area contributed by atoms with Crippen LogP contribution in [0.25, 0.3) is 10.6 Å². The molecule has 0 bridgehead atoms. The quantitative estimate of drug-likeness (QED) is 0.912. The van der Waals surface area contributed by atoms with E-state index in [2.05, 4.69) is 18.9 Å². The van der Waals surface area contributed by atoms with Crippen LogP contribution in [0.15, 0.2) is 28.4 Å². The fraction of sp³-hybridized carbons (Fsp3) is 0.500. The Morgan fingerprint density at radius 2 is 2.04 bits per heavy atom. The van der Waals surface area contributed by atoms with Gasteiger partial charge in [0.15, 0.2) is 0 Å². The Hall–Kier alpha value is -2.15. The van der Waals surface area contributed by atoms with Crippen LogP contribution in [0.1, 0.15) is 33.2 Å². The minimum Gasteiger partial charge on any atom is -0.394 e. The molecule has 25 heavy (non-hydrogen) atoms. The molecule has 1 fully saturated rings. The van der Waals surface area contributed by atoms with Crippen molar-refractivity contribution in [2.45, 2.75) is 33.2 Å². The van der Waals surface area contributed by atoms with Gasteiger partial charge in [-0.3, -0.25) is 9.59 Å². The molecular formula is C18H24N4O2S. The number of carbonyl (C=O) groups excluding carboxylic acids is 1. The molecule has 134 valence electrons. The van der Waals surface area contributed by atoms with Crippen molar-refractivity contribution in [3.63, 3.8) is 0 Å². The molecule has 2 N–H and O–H groups in total. The highest BCUT2D eigenvalue weighted by Gasteiger charge is 2.30. The molecule has 0 spiro atoms. The van der Waals surface area contributed by atoms with E-state index in [9.17, 15) is 9.59 Å². The Kier molecular flexibility index (Phi) is 4.94. The molecule has 3 rings (SSSR count). The number of anilines is 1. The van der Waals surface area contributed by atoms with Gasteiger partial charge in [0.25, 0.3) is 5.56 Å². The Labute approximate surface area is 151 Å². The summed E-state index contributed by atoms with van der Waals surface area (Å²) in [4.78, 5) is 28.2. The average molecular weight is 360 g/mol. The highest BCUT2D eigenvalue weighted by molar-refractivity contribution is 7.13. The number of aromatic nitrogens is 2. The molecule has 2 aromatic heterocycles. The largest absolute Gasteiger partial charge is 0.394 e. The maximum atomic E-state index is 12.9. The number of piperidine rings is 1. The van der Waals surface area contributed by atoms with Crippen molar-refractivity contribution in [1.29, 1.82) is 0 Å². The number of likely N-dealkylation sites (tertiary alicyclic amines) is 1. The average Bonchev–Trinajstić information content (AvgIpc) is 3.09. The maximum Gasteiger partial charge on any atom is 0.290 e. The highest BCUT2D eigenvalue weighted by Crippen LogP contribution is 2.25. The molecule has 7 heteroatoms. The fourth-order valence-electron chi connectivity index (χ4n) is 3.55. The van der Waals surface area contributed by atoms with E-state index in [4.69, 9.17) is 5.73 Å². The summed E-state index contributed by atoms with van der Waals surface area (Å²) in [7, 11) is 0. The number of amides is 1. The second kappa shape index (κ2) is 7.00. The fourth-order valence-corrected chi connectivity index (χ4v) is 4.23. The number of nitrogens with two attached hydrogens (primary N) is 1. The highest BCUT2D eigenvalue weighted by atomic mass is 32.1. The van der Waals surface area contributed by atoms with Crippen LogP contribution >= 0.6 is 11.3 Å². The number of hydrogen-bond acceptors (Lipinski definition) is 5. The number of nitrogens with zero attached hydrogens (tertiary/aromatic N) is 3. The van der Waals surface area contributed by atoms with Gasteiger partial charge in [-0.05, 0) is 42.7 Å².